The molecule has 0 amide bonds. The third-order valence-electron chi connectivity index (χ3n) is 4.58. The van der Waals surface area contributed by atoms with Crippen molar-refractivity contribution in [1.29, 1.82) is 0 Å². The summed E-state index contributed by atoms with van der Waals surface area (Å²) in [6.07, 6.45) is 3.55. The van der Waals surface area contributed by atoms with E-state index in [4.69, 9.17) is 4.74 Å². The lowest BCUT2D eigenvalue weighted by Crippen LogP contribution is -2.51. The second kappa shape index (κ2) is 6.17. The third-order valence-corrected chi connectivity index (χ3v) is 4.58. The molecule has 1 aliphatic heterocycles. The quantitative estimate of drug-likeness (QED) is 0.772. The van der Waals surface area contributed by atoms with Crippen LogP contribution in [0.25, 0.3) is 0 Å². The van der Waals surface area contributed by atoms with Gasteiger partial charge < -0.3 is 15.0 Å². The molecule has 0 spiro atoms. The first-order valence-corrected chi connectivity index (χ1v) is 6.89. The lowest BCUT2D eigenvalue weighted by atomic mass is 9.78. The summed E-state index contributed by atoms with van der Waals surface area (Å²) < 4.78 is 5.52. The Hall–Kier alpha value is -0.120. The summed E-state index contributed by atoms with van der Waals surface area (Å²) in [6, 6.07) is 0. The number of nitrogens with one attached hydrogen (secondary N) is 1. The maximum atomic E-state index is 5.52. The summed E-state index contributed by atoms with van der Waals surface area (Å²) in [7, 11) is 4.32. The van der Waals surface area contributed by atoms with Crippen molar-refractivity contribution in [3.8, 4) is 0 Å². The van der Waals surface area contributed by atoms with Gasteiger partial charge in [-0.05, 0) is 52.6 Å². The van der Waals surface area contributed by atoms with Crippen LogP contribution in [0, 0.1) is 5.41 Å². The highest BCUT2D eigenvalue weighted by molar-refractivity contribution is 4.90. The number of nitrogens with zero attached hydrogens (tertiary/aromatic N) is 1. The monoisotopic (exact) mass is 242 g/mol. The summed E-state index contributed by atoms with van der Waals surface area (Å²) in [5.41, 5.74) is 0.688. The predicted molar refractivity (Wildman–Crippen MR) is 73.4 cm³/mol. The van der Waals surface area contributed by atoms with Crippen molar-refractivity contribution in [2.45, 2.75) is 45.6 Å². The van der Waals surface area contributed by atoms with Crippen LogP contribution in [0.4, 0.5) is 0 Å². The van der Waals surface area contributed by atoms with E-state index >= 15 is 0 Å². The van der Waals surface area contributed by atoms with E-state index in [0.29, 0.717) is 11.0 Å². The van der Waals surface area contributed by atoms with Gasteiger partial charge in [-0.15, -0.1) is 0 Å². The van der Waals surface area contributed by atoms with Crippen LogP contribution in [-0.4, -0.2) is 50.8 Å². The maximum Gasteiger partial charge on any atom is 0.0472 e. The van der Waals surface area contributed by atoms with Gasteiger partial charge in [-0.25, -0.2) is 0 Å². The van der Waals surface area contributed by atoms with Gasteiger partial charge in [0.25, 0.3) is 0 Å². The molecule has 0 aromatic heterocycles. The second-order valence-corrected chi connectivity index (χ2v) is 6.16. The summed E-state index contributed by atoms with van der Waals surface area (Å²) in [5.74, 6) is 0. The Bertz CT molecular complexity index is 217. The number of rotatable bonds is 6. The minimum absolute atomic E-state index is 0.291. The van der Waals surface area contributed by atoms with Gasteiger partial charge in [-0.2, -0.15) is 0 Å². The van der Waals surface area contributed by atoms with Crippen LogP contribution in [0.1, 0.15) is 40.0 Å². The zero-order valence-electron chi connectivity index (χ0n) is 12.3. The minimum atomic E-state index is 0.291. The lowest BCUT2D eigenvalue weighted by molar-refractivity contribution is -0.0161. The lowest BCUT2D eigenvalue weighted by Gasteiger charge is -2.45. The van der Waals surface area contributed by atoms with Crippen molar-refractivity contribution in [2.75, 3.05) is 40.4 Å². The minimum Gasteiger partial charge on any atom is -0.381 e. The molecule has 1 rings (SSSR count). The molecule has 3 nitrogen and oxygen atoms in total. The highest BCUT2D eigenvalue weighted by Gasteiger charge is 2.36. The van der Waals surface area contributed by atoms with Crippen molar-refractivity contribution in [3.63, 3.8) is 0 Å². The van der Waals surface area contributed by atoms with Gasteiger partial charge in [0.15, 0.2) is 0 Å². The predicted octanol–water partition coefficient (Wildman–Crippen LogP) is 2.12. The average Bonchev–Trinajstić information content (AvgIpc) is 2.30. The zero-order chi connectivity index (χ0) is 12.9. The van der Waals surface area contributed by atoms with Gasteiger partial charge in [0.1, 0.15) is 0 Å². The molecule has 0 aliphatic carbocycles. The van der Waals surface area contributed by atoms with Crippen LogP contribution in [0.2, 0.25) is 0 Å². The molecule has 0 aromatic rings. The Morgan fingerprint density at radius 3 is 2.35 bits per heavy atom. The molecule has 0 radical (unpaired) electrons. The third kappa shape index (κ3) is 3.94. The van der Waals surface area contributed by atoms with Crippen LogP contribution < -0.4 is 5.32 Å². The number of hydrogen-bond acceptors (Lipinski definition) is 3. The van der Waals surface area contributed by atoms with Crippen LogP contribution in [0.5, 0.6) is 0 Å². The van der Waals surface area contributed by atoms with Gasteiger partial charge in [0.2, 0.25) is 0 Å². The summed E-state index contributed by atoms with van der Waals surface area (Å²) >= 11 is 0. The molecule has 0 bridgehead atoms. The molecule has 17 heavy (non-hydrogen) atoms. The Kier molecular flexibility index (Phi) is 5.42. The number of ether oxygens (including phenoxy) is 1. The Balaban J connectivity index is 2.65. The van der Waals surface area contributed by atoms with E-state index in [1.54, 1.807) is 0 Å². The largest absolute Gasteiger partial charge is 0.381 e. The van der Waals surface area contributed by atoms with E-state index in [2.05, 4.69) is 45.1 Å². The van der Waals surface area contributed by atoms with Crippen molar-refractivity contribution in [3.05, 3.63) is 0 Å². The van der Waals surface area contributed by atoms with Gasteiger partial charge in [0, 0.05) is 31.8 Å². The second-order valence-electron chi connectivity index (χ2n) is 6.16. The van der Waals surface area contributed by atoms with E-state index in [0.717, 1.165) is 26.3 Å². The standard InChI is InChI=1S/C14H30N2O/c1-6-13(2,3)16(5)12-14(11-15-4)7-9-17-10-8-14/h15H,6-12H2,1-5H3. The molecule has 1 saturated heterocycles. The van der Waals surface area contributed by atoms with Gasteiger partial charge in [-0.3, -0.25) is 0 Å². The average molecular weight is 242 g/mol. The molecular formula is C14H30N2O. The van der Waals surface area contributed by atoms with E-state index in [-0.39, 0.29) is 0 Å². The first-order chi connectivity index (χ1) is 7.96. The maximum absolute atomic E-state index is 5.52. The van der Waals surface area contributed by atoms with Gasteiger partial charge in [0.05, 0.1) is 0 Å². The van der Waals surface area contributed by atoms with Gasteiger partial charge >= 0.3 is 0 Å². The Morgan fingerprint density at radius 2 is 1.88 bits per heavy atom. The van der Waals surface area contributed by atoms with Crippen LogP contribution in [0.15, 0.2) is 0 Å². The van der Waals surface area contributed by atoms with Crippen LogP contribution in [0.3, 0.4) is 0 Å². The number of hydrogen-bond donors (Lipinski definition) is 1. The smallest absolute Gasteiger partial charge is 0.0472 e. The van der Waals surface area contributed by atoms with E-state index in [9.17, 15) is 0 Å². The Morgan fingerprint density at radius 1 is 1.29 bits per heavy atom. The van der Waals surface area contributed by atoms with E-state index in [1.807, 2.05) is 0 Å². The molecular weight excluding hydrogens is 212 g/mol. The first-order valence-electron chi connectivity index (χ1n) is 6.89. The highest BCUT2D eigenvalue weighted by atomic mass is 16.5. The van der Waals surface area contributed by atoms with Crippen molar-refractivity contribution < 1.29 is 4.74 Å². The Labute approximate surface area is 107 Å². The van der Waals surface area contributed by atoms with Crippen molar-refractivity contribution in [1.82, 2.24) is 10.2 Å². The van der Waals surface area contributed by atoms with Crippen LogP contribution >= 0.6 is 0 Å². The summed E-state index contributed by atoms with van der Waals surface area (Å²) in [6.45, 7) is 11.0. The molecule has 1 N–H and O–H groups in total. The fourth-order valence-electron chi connectivity index (χ4n) is 2.56. The van der Waals surface area contributed by atoms with Crippen molar-refractivity contribution >= 4 is 0 Å². The van der Waals surface area contributed by atoms with Gasteiger partial charge in [-0.1, -0.05) is 6.92 Å². The topological polar surface area (TPSA) is 24.5 Å². The first kappa shape index (κ1) is 14.9. The summed E-state index contributed by atoms with van der Waals surface area (Å²) in [4.78, 5) is 2.52. The molecule has 0 atom stereocenters. The SMILES string of the molecule is CCC(C)(C)N(C)CC1(CNC)CCOCC1. The molecule has 1 fully saturated rings. The molecule has 0 saturated carbocycles. The fourth-order valence-corrected chi connectivity index (χ4v) is 2.56. The van der Waals surface area contributed by atoms with E-state index in [1.165, 1.54) is 19.3 Å². The molecule has 102 valence electrons. The highest BCUT2D eigenvalue weighted by Crippen LogP contribution is 2.33. The van der Waals surface area contributed by atoms with Crippen LogP contribution in [-0.2, 0) is 4.74 Å². The summed E-state index contributed by atoms with van der Waals surface area (Å²) in [5, 5.41) is 3.37. The molecule has 3 heteroatoms. The molecule has 1 heterocycles. The molecule has 0 aromatic carbocycles. The van der Waals surface area contributed by atoms with E-state index < -0.39 is 0 Å². The molecule has 0 unspecified atom stereocenters. The fraction of sp³-hybridized carbons (Fsp3) is 1.00. The zero-order valence-corrected chi connectivity index (χ0v) is 12.3. The normalized spacial score (nSPS) is 20.8. The van der Waals surface area contributed by atoms with Crippen molar-refractivity contribution in [2.24, 2.45) is 5.41 Å². The molecule has 1 aliphatic rings.